The van der Waals surface area contributed by atoms with E-state index in [4.69, 9.17) is 0 Å². The molecule has 1 heterocycles. The predicted molar refractivity (Wildman–Crippen MR) is 72.3 cm³/mol. The number of nitrogens with one attached hydrogen (secondary N) is 2. The molecule has 0 saturated heterocycles. The fraction of sp³-hybridized carbons (Fsp3) is 0.500. The van der Waals surface area contributed by atoms with Crippen molar-refractivity contribution < 1.29 is 14.5 Å². The maximum Gasteiger partial charge on any atom is 0.254 e. The van der Waals surface area contributed by atoms with Crippen LogP contribution < -0.4 is 10.6 Å². The molecule has 1 aromatic rings. The minimum absolute atomic E-state index is 0.203. The molecule has 2 aliphatic carbocycles. The average molecular weight is 295 g/mol. The van der Waals surface area contributed by atoms with Crippen LogP contribution in [0.3, 0.4) is 0 Å². The molecule has 2 N–H and O–H groups in total. The molecule has 20 heavy (non-hydrogen) atoms. The van der Waals surface area contributed by atoms with Crippen LogP contribution in [0.5, 0.6) is 0 Å². The van der Waals surface area contributed by atoms with E-state index in [1.54, 1.807) is 11.4 Å². The summed E-state index contributed by atoms with van der Waals surface area (Å²) in [5.41, 5.74) is 0.425. The van der Waals surface area contributed by atoms with Crippen LogP contribution in [-0.4, -0.2) is 28.8 Å². The lowest BCUT2D eigenvalue weighted by Crippen LogP contribution is -2.26. The van der Waals surface area contributed by atoms with Crippen LogP contribution in [0.4, 0.5) is 5.00 Å². The van der Waals surface area contributed by atoms with Crippen LogP contribution in [0.25, 0.3) is 0 Å². The number of amides is 2. The van der Waals surface area contributed by atoms with E-state index in [9.17, 15) is 19.7 Å². The van der Waals surface area contributed by atoms with Crippen LogP contribution in [0.15, 0.2) is 11.4 Å². The number of hydrogen-bond donors (Lipinski definition) is 2. The summed E-state index contributed by atoms with van der Waals surface area (Å²) in [6.45, 7) is 0. The summed E-state index contributed by atoms with van der Waals surface area (Å²) in [7, 11) is 0. The highest BCUT2D eigenvalue weighted by atomic mass is 32.1. The molecule has 0 aliphatic heterocycles. The molecule has 2 aliphatic rings. The molecule has 0 unspecified atom stereocenters. The zero-order valence-electron chi connectivity index (χ0n) is 10.5. The van der Waals surface area contributed by atoms with Crippen LogP contribution in [0.1, 0.15) is 29.6 Å². The molecule has 0 bridgehead atoms. The number of carbonyl (C=O) groups is 2. The van der Waals surface area contributed by atoms with Crippen molar-refractivity contribution in [2.75, 3.05) is 5.32 Å². The number of thiophene rings is 1. The summed E-state index contributed by atoms with van der Waals surface area (Å²) >= 11 is 1.25. The molecule has 3 rings (SSSR count). The Morgan fingerprint density at radius 1 is 1.40 bits per heavy atom. The Morgan fingerprint density at radius 3 is 2.75 bits per heavy atom. The number of nitro groups is 1. The van der Waals surface area contributed by atoms with E-state index in [0.29, 0.717) is 10.6 Å². The molecule has 106 valence electrons. The Kier molecular flexibility index (Phi) is 3.17. The van der Waals surface area contributed by atoms with Gasteiger partial charge in [0.05, 0.1) is 5.56 Å². The van der Waals surface area contributed by atoms with Crippen LogP contribution >= 0.6 is 11.3 Å². The van der Waals surface area contributed by atoms with Gasteiger partial charge in [0.2, 0.25) is 11.9 Å². The van der Waals surface area contributed by atoms with Gasteiger partial charge in [-0.15, -0.1) is 11.3 Å². The molecule has 0 radical (unpaired) electrons. The monoisotopic (exact) mass is 295 g/mol. The van der Waals surface area contributed by atoms with Crippen molar-refractivity contribution in [3.63, 3.8) is 0 Å². The fourth-order valence-corrected chi connectivity index (χ4v) is 2.76. The summed E-state index contributed by atoms with van der Waals surface area (Å²) in [6.07, 6.45) is 2.25. The average Bonchev–Trinajstić information content (AvgIpc) is 3.29. The molecule has 7 nitrogen and oxygen atoms in total. The van der Waals surface area contributed by atoms with Gasteiger partial charge in [-0.1, -0.05) is 0 Å². The zero-order valence-corrected chi connectivity index (χ0v) is 11.3. The molecule has 0 aromatic carbocycles. The summed E-state index contributed by atoms with van der Waals surface area (Å²) in [4.78, 5) is 33.9. The molecular weight excluding hydrogens is 282 g/mol. The standard InChI is InChI=1S/C12H13N3O4S/c16-10(13-6-1-2-6)7-3-4-20-12(7)14-11(17)8-5-9(8)15(18)19/h3-4,6,8-9H,1-2,5H2,(H,13,16)(H,14,17)/t8-,9+/m0/s1. The van der Waals surface area contributed by atoms with Crippen molar-refractivity contribution in [1.29, 1.82) is 0 Å². The van der Waals surface area contributed by atoms with Crippen LogP contribution in [0.2, 0.25) is 0 Å². The predicted octanol–water partition coefficient (Wildman–Crippen LogP) is 1.24. The second-order valence-electron chi connectivity index (χ2n) is 5.10. The Morgan fingerprint density at radius 2 is 2.15 bits per heavy atom. The number of rotatable bonds is 5. The number of carbonyl (C=O) groups excluding carboxylic acids is 2. The topological polar surface area (TPSA) is 101 Å². The van der Waals surface area contributed by atoms with Gasteiger partial charge in [-0.2, -0.15) is 0 Å². The molecule has 8 heteroatoms. The molecule has 2 amide bonds. The maximum absolute atomic E-state index is 12.0. The normalized spacial score (nSPS) is 24.0. The fourth-order valence-electron chi connectivity index (χ4n) is 1.98. The quantitative estimate of drug-likeness (QED) is 0.630. The lowest BCUT2D eigenvalue weighted by atomic mass is 10.3. The van der Waals surface area contributed by atoms with Gasteiger partial charge in [0.15, 0.2) is 0 Å². The third-order valence-electron chi connectivity index (χ3n) is 3.42. The second-order valence-corrected chi connectivity index (χ2v) is 6.01. The lowest BCUT2D eigenvalue weighted by molar-refractivity contribution is -0.497. The number of hydrogen-bond acceptors (Lipinski definition) is 5. The third-order valence-corrected chi connectivity index (χ3v) is 4.25. The summed E-state index contributed by atoms with van der Waals surface area (Å²) in [6, 6.07) is 1.11. The van der Waals surface area contributed by atoms with Gasteiger partial charge in [-0.3, -0.25) is 19.7 Å². The van der Waals surface area contributed by atoms with Crippen molar-refractivity contribution in [2.24, 2.45) is 5.92 Å². The first-order valence-electron chi connectivity index (χ1n) is 6.39. The van der Waals surface area contributed by atoms with Crippen molar-refractivity contribution >= 4 is 28.2 Å². The van der Waals surface area contributed by atoms with Crippen LogP contribution in [-0.2, 0) is 4.79 Å². The maximum atomic E-state index is 12.0. The minimum Gasteiger partial charge on any atom is -0.349 e. The molecule has 0 spiro atoms. The highest BCUT2D eigenvalue weighted by Gasteiger charge is 2.53. The van der Waals surface area contributed by atoms with Crippen molar-refractivity contribution in [2.45, 2.75) is 31.3 Å². The first kappa shape index (κ1) is 13.0. The highest BCUT2D eigenvalue weighted by molar-refractivity contribution is 7.14. The molecular formula is C12H13N3O4S. The summed E-state index contributed by atoms with van der Waals surface area (Å²) < 4.78 is 0. The van der Waals surface area contributed by atoms with E-state index in [2.05, 4.69) is 10.6 Å². The van der Waals surface area contributed by atoms with E-state index in [0.717, 1.165) is 12.8 Å². The van der Waals surface area contributed by atoms with E-state index in [-0.39, 0.29) is 24.3 Å². The summed E-state index contributed by atoms with van der Waals surface area (Å²) in [5, 5.41) is 18.2. The van der Waals surface area contributed by atoms with E-state index in [1.807, 2.05) is 0 Å². The third kappa shape index (κ3) is 2.64. The minimum atomic E-state index is -0.779. The zero-order chi connectivity index (χ0) is 14.3. The van der Waals surface area contributed by atoms with Crippen molar-refractivity contribution in [1.82, 2.24) is 5.32 Å². The smallest absolute Gasteiger partial charge is 0.254 e. The van der Waals surface area contributed by atoms with Gasteiger partial charge < -0.3 is 10.6 Å². The van der Waals surface area contributed by atoms with Gasteiger partial charge in [0, 0.05) is 17.4 Å². The van der Waals surface area contributed by atoms with Gasteiger partial charge >= 0.3 is 0 Å². The Labute approximate surface area is 118 Å². The molecule has 2 atom stereocenters. The number of anilines is 1. The van der Waals surface area contributed by atoms with E-state index in [1.165, 1.54) is 11.3 Å². The number of nitrogens with zero attached hydrogens (tertiary/aromatic N) is 1. The Balaban J connectivity index is 1.63. The van der Waals surface area contributed by atoms with Gasteiger partial charge in [-0.05, 0) is 24.3 Å². The lowest BCUT2D eigenvalue weighted by Gasteiger charge is -2.06. The molecule has 1 aromatic heterocycles. The largest absolute Gasteiger partial charge is 0.349 e. The Bertz CT molecular complexity index is 581. The van der Waals surface area contributed by atoms with Gasteiger partial charge in [0.25, 0.3) is 5.91 Å². The van der Waals surface area contributed by atoms with Gasteiger partial charge in [-0.25, -0.2) is 0 Å². The first-order valence-corrected chi connectivity index (χ1v) is 7.27. The van der Waals surface area contributed by atoms with Crippen molar-refractivity contribution in [3.8, 4) is 0 Å². The van der Waals surface area contributed by atoms with Crippen molar-refractivity contribution in [3.05, 3.63) is 27.1 Å². The summed E-state index contributed by atoms with van der Waals surface area (Å²) in [5.74, 6) is -1.16. The SMILES string of the molecule is O=C(NC1CC1)c1ccsc1NC(=O)[C@H]1C[C@H]1[N+](=O)[O-]. The Hall–Kier alpha value is -1.96. The molecule has 2 saturated carbocycles. The molecule has 2 fully saturated rings. The van der Waals surface area contributed by atoms with E-state index < -0.39 is 16.9 Å². The highest BCUT2D eigenvalue weighted by Crippen LogP contribution is 2.35. The van der Waals surface area contributed by atoms with Gasteiger partial charge in [0.1, 0.15) is 10.9 Å². The van der Waals surface area contributed by atoms with Crippen LogP contribution in [0, 0.1) is 16.0 Å². The van der Waals surface area contributed by atoms with E-state index >= 15 is 0 Å². The first-order chi connectivity index (χ1) is 9.56. The second kappa shape index (κ2) is 4.86.